The predicted molar refractivity (Wildman–Crippen MR) is 266 cm³/mol. The number of allylic oxidation sites excluding steroid dienone is 2. The van der Waals surface area contributed by atoms with Crippen LogP contribution >= 0.6 is 11.3 Å². The van der Waals surface area contributed by atoms with Crippen molar-refractivity contribution in [3.05, 3.63) is 82.4 Å². The Labute approximate surface area is 418 Å². The Kier molecular flexibility index (Phi) is 16.5. The van der Waals surface area contributed by atoms with Crippen LogP contribution in [0.1, 0.15) is 113 Å². The van der Waals surface area contributed by atoms with E-state index in [1.165, 1.54) is 0 Å². The average molecular weight is 986 g/mol. The lowest BCUT2D eigenvalue weighted by Crippen LogP contribution is -2.59. The number of carbonyl (C=O) groups is 2. The number of hydrogen-bond acceptors (Lipinski definition) is 15. The number of Topliss-reactive ketones (excluding diaryl/α,β-unsaturated/α-hetero) is 1. The molecule has 4 fully saturated rings. The van der Waals surface area contributed by atoms with E-state index in [2.05, 4.69) is 44.2 Å². The van der Waals surface area contributed by atoms with Crippen molar-refractivity contribution in [1.82, 2.24) is 9.88 Å². The Bertz CT molecular complexity index is 2280. The summed E-state index contributed by atoms with van der Waals surface area (Å²) in [6, 6.07) is 18.3. The molecule has 3 aliphatic heterocycles. The summed E-state index contributed by atoms with van der Waals surface area (Å²) in [5, 5.41) is 4.37. The maximum atomic E-state index is 15.4. The van der Waals surface area contributed by atoms with Crippen LogP contribution in [0.3, 0.4) is 0 Å². The number of esters is 1. The smallest absolute Gasteiger partial charge is 0.306 e. The molecule has 3 aromatic rings. The first-order valence-corrected chi connectivity index (χ1v) is 26.6. The number of nitrogens with one attached hydrogen (secondary N) is 1. The number of ether oxygens (including phenoxy) is 9. The van der Waals surface area contributed by atoms with Crippen LogP contribution in [0.2, 0.25) is 0 Å². The molecule has 1 saturated carbocycles. The second kappa shape index (κ2) is 22.6. The molecule has 2 aromatic carbocycles. The van der Waals surface area contributed by atoms with Crippen molar-refractivity contribution >= 4 is 33.9 Å². The molecule has 0 spiro atoms. The van der Waals surface area contributed by atoms with Crippen LogP contribution in [0, 0.1) is 23.7 Å². The van der Waals surface area contributed by atoms with E-state index in [1.807, 2.05) is 68.4 Å². The lowest BCUT2D eigenvalue weighted by Gasteiger charge is -2.44. The lowest BCUT2D eigenvalue weighted by molar-refractivity contribution is -0.314. The van der Waals surface area contributed by atoms with Gasteiger partial charge in [-0.1, -0.05) is 62.4 Å². The van der Waals surface area contributed by atoms with Gasteiger partial charge in [0, 0.05) is 55.9 Å². The van der Waals surface area contributed by atoms with E-state index < -0.39 is 36.6 Å². The molecule has 0 radical (unpaired) electrons. The standard InChI is InChI=1S/C55H75N3O11S/c1-10-34-19-16-22-43(69-46-24-23-42(58(5)6)31(3)65-46)30(2)49(60)39-27-37-36-25-35(68-54-52(63-9)51(62-8)50(61-7)32(4)66-54)26-40(36)53-48(47(37)38(39)28-45(59)67-34)57-55(70-53)56-41-20-14-15-21-44(41)64-29-33-17-12-11-13-18-33/h11-15,17-18,20-21,27,30-32,34-38,40,42-43,46-47,50-52,54H,10,16,19,22-26,28-29H2,1-9H3,(H,56,57)/t30-,31-,32+,34+,35+,36+,37+,38-,40?,42+,43+,46+,47?,50+,51-,52-,54+/m1/s1. The highest BCUT2D eigenvalue weighted by Gasteiger charge is 2.57. The number of para-hydroxylation sites is 2. The summed E-state index contributed by atoms with van der Waals surface area (Å²) >= 11 is 1.64. The lowest BCUT2D eigenvalue weighted by atomic mass is 9.67. The minimum absolute atomic E-state index is 0.00813. The summed E-state index contributed by atoms with van der Waals surface area (Å²) in [5.74, 6) is -0.614. The first kappa shape index (κ1) is 51.1. The molecule has 382 valence electrons. The van der Waals surface area contributed by atoms with Gasteiger partial charge in [0.1, 0.15) is 36.8 Å². The van der Waals surface area contributed by atoms with Gasteiger partial charge in [0.2, 0.25) is 0 Å². The van der Waals surface area contributed by atoms with E-state index in [0.717, 1.165) is 59.1 Å². The van der Waals surface area contributed by atoms with Crippen LogP contribution in [-0.4, -0.2) is 125 Å². The highest BCUT2D eigenvalue weighted by Crippen LogP contribution is 2.63. The fraction of sp³-hybridized carbons (Fsp3) is 0.655. The van der Waals surface area contributed by atoms with E-state index in [-0.39, 0.29) is 78.5 Å². The molecule has 2 unspecified atom stereocenters. The van der Waals surface area contributed by atoms with Crippen molar-refractivity contribution in [2.24, 2.45) is 23.7 Å². The fourth-order valence-electron chi connectivity index (χ4n) is 12.7. The second-order valence-electron chi connectivity index (χ2n) is 20.7. The first-order valence-electron chi connectivity index (χ1n) is 25.7. The minimum Gasteiger partial charge on any atom is -0.487 e. The van der Waals surface area contributed by atoms with Gasteiger partial charge < -0.3 is 52.8 Å². The van der Waals surface area contributed by atoms with E-state index in [0.29, 0.717) is 43.2 Å². The van der Waals surface area contributed by atoms with Gasteiger partial charge in [-0.05, 0) is 114 Å². The van der Waals surface area contributed by atoms with Crippen molar-refractivity contribution in [1.29, 1.82) is 0 Å². The summed E-state index contributed by atoms with van der Waals surface area (Å²) in [6.07, 6.45) is 4.81. The molecule has 4 heterocycles. The summed E-state index contributed by atoms with van der Waals surface area (Å²) in [7, 11) is 9.15. The van der Waals surface area contributed by atoms with Gasteiger partial charge in [0.15, 0.2) is 23.5 Å². The Balaban J connectivity index is 1.06. The molecule has 15 heteroatoms. The molecule has 17 atom stereocenters. The fourth-order valence-corrected chi connectivity index (χ4v) is 13.9. The summed E-state index contributed by atoms with van der Waals surface area (Å²) in [4.78, 5) is 38.4. The molecule has 3 aliphatic carbocycles. The topological polar surface area (TPSA) is 145 Å². The number of carbonyl (C=O) groups excluding carboxylic acids is 2. The molecule has 70 heavy (non-hydrogen) atoms. The number of nitrogens with zero attached hydrogens (tertiary/aromatic N) is 2. The van der Waals surface area contributed by atoms with Gasteiger partial charge in [-0.15, -0.1) is 11.3 Å². The zero-order chi connectivity index (χ0) is 49.2. The highest BCUT2D eigenvalue weighted by molar-refractivity contribution is 7.15. The molecular formula is C55H75N3O11S. The number of hydrogen-bond donors (Lipinski definition) is 1. The second-order valence-corrected chi connectivity index (χ2v) is 21.7. The van der Waals surface area contributed by atoms with Gasteiger partial charge in [0.25, 0.3) is 0 Å². The van der Waals surface area contributed by atoms with Crippen molar-refractivity contribution in [3.8, 4) is 5.75 Å². The van der Waals surface area contributed by atoms with Gasteiger partial charge in [-0.3, -0.25) is 9.59 Å². The van der Waals surface area contributed by atoms with Gasteiger partial charge in [-0.25, -0.2) is 4.98 Å². The molecule has 3 saturated heterocycles. The van der Waals surface area contributed by atoms with E-state index >= 15 is 4.79 Å². The van der Waals surface area contributed by atoms with Crippen LogP contribution in [0.5, 0.6) is 5.75 Å². The molecule has 9 rings (SSSR count). The number of likely N-dealkylation sites (N-methyl/N-ethyl adjacent to an activating group) is 1. The maximum Gasteiger partial charge on any atom is 0.306 e. The normalized spacial score (nSPS) is 36.7. The minimum atomic E-state index is -0.690. The Morgan fingerprint density at radius 2 is 1.59 bits per heavy atom. The highest BCUT2D eigenvalue weighted by atomic mass is 32.1. The number of methoxy groups -OCH3 is 3. The first-order chi connectivity index (χ1) is 33.9. The summed E-state index contributed by atoms with van der Waals surface area (Å²) in [5.41, 5.74) is 3.48. The molecule has 1 N–H and O–H groups in total. The number of cyclic esters (lactones) is 1. The molecule has 0 bridgehead atoms. The quantitative estimate of drug-likeness (QED) is 0.153. The SMILES string of the molecule is CC[C@H]1CCC[C@H](O[C@H]2CC[C@H](N(C)C)[C@@H](C)O2)[C@@H](C)C(=O)C2=C[C@@H]3C(c4nc(Nc5ccccc5OCc5ccccc5)sc4C4C[C@@H](O[C@@H]5O[C@@H](C)[C@H](OC)[C@@H](OC)[C@H]5OC)C[C@H]43)[C@@H]2CC(=O)O1. The van der Waals surface area contributed by atoms with Crippen LogP contribution in [0.4, 0.5) is 10.8 Å². The van der Waals surface area contributed by atoms with Crippen molar-refractivity contribution in [2.75, 3.05) is 40.7 Å². The third kappa shape index (κ3) is 10.7. The Morgan fingerprint density at radius 3 is 2.31 bits per heavy atom. The van der Waals surface area contributed by atoms with Crippen molar-refractivity contribution in [2.45, 2.75) is 171 Å². The largest absolute Gasteiger partial charge is 0.487 e. The third-order valence-electron chi connectivity index (χ3n) is 16.3. The monoisotopic (exact) mass is 986 g/mol. The van der Waals surface area contributed by atoms with Gasteiger partial charge >= 0.3 is 5.97 Å². The number of ketones is 1. The number of fused-ring (bicyclic) bond motifs is 8. The number of rotatable bonds is 14. The number of thiazole rings is 1. The van der Waals surface area contributed by atoms with Gasteiger partial charge in [0.05, 0.1) is 42.2 Å². The molecular weight excluding hydrogens is 911 g/mol. The predicted octanol–water partition coefficient (Wildman–Crippen LogP) is 9.35. The summed E-state index contributed by atoms with van der Waals surface area (Å²) in [6.45, 7) is 8.58. The van der Waals surface area contributed by atoms with E-state index in [1.54, 1.807) is 32.7 Å². The maximum absolute atomic E-state index is 15.4. The van der Waals surface area contributed by atoms with Crippen LogP contribution < -0.4 is 10.1 Å². The number of aromatic nitrogens is 1. The Hall–Kier alpha value is -3.77. The van der Waals surface area contributed by atoms with Gasteiger partial charge in [-0.2, -0.15) is 0 Å². The van der Waals surface area contributed by atoms with Crippen molar-refractivity contribution in [3.63, 3.8) is 0 Å². The molecule has 1 aromatic heterocycles. The van der Waals surface area contributed by atoms with Crippen LogP contribution in [-0.2, 0) is 54.1 Å². The molecule has 14 nitrogen and oxygen atoms in total. The zero-order valence-electron chi connectivity index (χ0n) is 42.5. The number of anilines is 2. The van der Waals surface area contributed by atoms with Crippen LogP contribution in [0.25, 0.3) is 0 Å². The van der Waals surface area contributed by atoms with Crippen molar-refractivity contribution < 1.29 is 52.2 Å². The summed E-state index contributed by atoms with van der Waals surface area (Å²) < 4.78 is 57.3. The van der Waals surface area contributed by atoms with Crippen LogP contribution in [0.15, 0.2) is 66.2 Å². The average Bonchev–Trinajstić information content (AvgIpc) is 4.07. The van der Waals surface area contributed by atoms with E-state index in [4.69, 9.17) is 47.6 Å². The van der Waals surface area contributed by atoms with E-state index in [9.17, 15) is 4.79 Å². The molecule has 0 amide bonds. The zero-order valence-corrected chi connectivity index (χ0v) is 43.3. The molecule has 6 aliphatic rings. The Morgan fingerprint density at radius 1 is 0.829 bits per heavy atom. The third-order valence-corrected chi connectivity index (χ3v) is 17.4. The number of benzene rings is 2.